The summed E-state index contributed by atoms with van der Waals surface area (Å²) in [6.07, 6.45) is 3.52. The molecule has 0 N–H and O–H groups in total. The van der Waals surface area contributed by atoms with Crippen LogP contribution in [0, 0.1) is 10.1 Å². The van der Waals surface area contributed by atoms with Gasteiger partial charge in [0.15, 0.2) is 0 Å². The molecule has 2 heterocycles. The van der Waals surface area contributed by atoms with Crippen molar-refractivity contribution < 1.29 is 14.5 Å². The van der Waals surface area contributed by atoms with Crippen LogP contribution in [0.2, 0.25) is 0 Å². The molecule has 0 saturated carbocycles. The molecular weight excluding hydrogens is 318 g/mol. The fourth-order valence-electron chi connectivity index (χ4n) is 1.92. The Kier molecular flexibility index (Phi) is 4.15. The highest BCUT2D eigenvalue weighted by molar-refractivity contribution is 7.17. The van der Waals surface area contributed by atoms with Gasteiger partial charge in [-0.1, -0.05) is 23.5 Å². The predicted octanol–water partition coefficient (Wildman–Crippen LogP) is 3.20. The molecule has 2 aromatic heterocycles. The van der Waals surface area contributed by atoms with Crippen molar-refractivity contribution in [2.75, 3.05) is 0 Å². The molecule has 0 aliphatic heterocycles. The third-order valence-corrected chi connectivity index (χ3v) is 4.07. The van der Waals surface area contributed by atoms with E-state index >= 15 is 0 Å². The number of carbonyl (C=O) groups is 1. The lowest BCUT2D eigenvalue weighted by Gasteiger charge is -2.05. The van der Waals surface area contributed by atoms with Crippen molar-refractivity contribution >= 4 is 22.3 Å². The van der Waals surface area contributed by atoms with Crippen LogP contribution in [0.25, 0.3) is 5.69 Å². The monoisotopic (exact) mass is 329 g/mol. The van der Waals surface area contributed by atoms with Crippen molar-refractivity contribution in [3.63, 3.8) is 0 Å². The average molecular weight is 329 g/mol. The van der Waals surface area contributed by atoms with Crippen LogP contribution in [-0.2, 0) is 11.3 Å². The molecule has 0 bridgehead atoms. The van der Waals surface area contributed by atoms with Gasteiger partial charge in [0.1, 0.15) is 11.5 Å². The van der Waals surface area contributed by atoms with E-state index in [9.17, 15) is 14.9 Å². The van der Waals surface area contributed by atoms with Gasteiger partial charge in [-0.25, -0.2) is 9.48 Å². The Morgan fingerprint density at radius 2 is 2.04 bits per heavy atom. The fourth-order valence-corrected chi connectivity index (χ4v) is 2.64. The molecule has 0 amide bonds. The molecule has 0 fully saturated rings. The summed E-state index contributed by atoms with van der Waals surface area (Å²) in [5.41, 5.74) is 1.72. The van der Waals surface area contributed by atoms with Crippen LogP contribution < -0.4 is 0 Å². The van der Waals surface area contributed by atoms with E-state index in [1.54, 1.807) is 10.9 Å². The number of thiophene rings is 1. The summed E-state index contributed by atoms with van der Waals surface area (Å²) in [7, 11) is 0. The third-order valence-electron chi connectivity index (χ3n) is 3.05. The van der Waals surface area contributed by atoms with E-state index in [1.165, 1.54) is 12.1 Å². The number of aromatic nitrogens is 2. The second-order valence-electron chi connectivity index (χ2n) is 4.59. The third kappa shape index (κ3) is 3.43. The molecule has 0 saturated heterocycles. The molecular formula is C15H11N3O4S. The number of carbonyl (C=O) groups excluding carboxylic acids is 1. The van der Waals surface area contributed by atoms with E-state index in [4.69, 9.17) is 4.74 Å². The molecule has 3 rings (SSSR count). The van der Waals surface area contributed by atoms with Crippen LogP contribution >= 0.6 is 11.3 Å². The van der Waals surface area contributed by atoms with E-state index < -0.39 is 10.9 Å². The van der Waals surface area contributed by atoms with Crippen LogP contribution in [0.15, 0.2) is 54.9 Å². The quantitative estimate of drug-likeness (QED) is 0.407. The van der Waals surface area contributed by atoms with Gasteiger partial charge in [0, 0.05) is 18.5 Å². The summed E-state index contributed by atoms with van der Waals surface area (Å²) in [6, 6.07) is 11.9. The minimum atomic E-state index is -0.570. The van der Waals surface area contributed by atoms with Crippen molar-refractivity contribution in [3.05, 3.63) is 75.4 Å². The Hall–Kier alpha value is -3.00. The smallest absolute Gasteiger partial charge is 0.348 e. The second kappa shape index (κ2) is 6.41. The number of nitro groups is 1. The lowest BCUT2D eigenvalue weighted by Crippen LogP contribution is -2.03. The van der Waals surface area contributed by atoms with E-state index in [-0.39, 0.29) is 16.5 Å². The second-order valence-corrected chi connectivity index (χ2v) is 5.65. The van der Waals surface area contributed by atoms with Crippen LogP contribution in [-0.4, -0.2) is 20.7 Å². The van der Waals surface area contributed by atoms with Gasteiger partial charge in [0.05, 0.1) is 10.6 Å². The molecule has 0 unspecified atom stereocenters. The van der Waals surface area contributed by atoms with Crippen molar-refractivity contribution in [2.45, 2.75) is 6.61 Å². The van der Waals surface area contributed by atoms with Crippen LogP contribution in [0.5, 0.6) is 0 Å². The van der Waals surface area contributed by atoms with Crippen LogP contribution in [0.4, 0.5) is 5.00 Å². The first-order chi connectivity index (χ1) is 11.1. The summed E-state index contributed by atoms with van der Waals surface area (Å²) >= 11 is 0.800. The van der Waals surface area contributed by atoms with Gasteiger partial charge in [-0.2, -0.15) is 5.10 Å². The molecule has 0 spiro atoms. The maximum Gasteiger partial charge on any atom is 0.348 e. The molecule has 3 aromatic rings. The Bertz CT molecular complexity index is 825. The summed E-state index contributed by atoms with van der Waals surface area (Å²) in [5, 5.41) is 14.6. The van der Waals surface area contributed by atoms with E-state index in [0.29, 0.717) is 0 Å². The zero-order chi connectivity index (χ0) is 16.2. The first-order valence-electron chi connectivity index (χ1n) is 6.64. The van der Waals surface area contributed by atoms with Gasteiger partial charge in [0.25, 0.3) is 0 Å². The highest BCUT2D eigenvalue weighted by Gasteiger charge is 2.16. The Labute approximate surface area is 134 Å². The predicted molar refractivity (Wildman–Crippen MR) is 83.7 cm³/mol. The molecule has 116 valence electrons. The maximum atomic E-state index is 11.9. The Morgan fingerprint density at radius 1 is 1.26 bits per heavy atom. The lowest BCUT2D eigenvalue weighted by atomic mass is 10.2. The number of benzene rings is 1. The zero-order valence-electron chi connectivity index (χ0n) is 11.8. The van der Waals surface area contributed by atoms with Gasteiger partial charge >= 0.3 is 11.0 Å². The fraction of sp³-hybridized carbons (Fsp3) is 0.0667. The summed E-state index contributed by atoms with van der Waals surface area (Å²) < 4.78 is 6.89. The van der Waals surface area contributed by atoms with Gasteiger partial charge in [0.2, 0.25) is 0 Å². The first-order valence-corrected chi connectivity index (χ1v) is 7.45. The molecule has 0 aliphatic carbocycles. The number of rotatable bonds is 5. The van der Waals surface area contributed by atoms with E-state index in [1.807, 2.05) is 36.5 Å². The van der Waals surface area contributed by atoms with Crippen LogP contribution in [0.3, 0.4) is 0 Å². The molecule has 0 radical (unpaired) electrons. The molecule has 0 aliphatic rings. The van der Waals surface area contributed by atoms with E-state index in [2.05, 4.69) is 5.10 Å². The maximum absolute atomic E-state index is 11.9. The molecule has 1 aromatic carbocycles. The minimum Gasteiger partial charge on any atom is -0.457 e. The van der Waals surface area contributed by atoms with E-state index in [0.717, 1.165) is 22.6 Å². The topological polar surface area (TPSA) is 87.3 Å². The van der Waals surface area contributed by atoms with Gasteiger partial charge in [-0.15, -0.1) is 0 Å². The normalized spacial score (nSPS) is 10.4. The van der Waals surface area contributed by atoms with Gasteiger partial charge < -0.3 is 4.74 Å². The number of hydrogen-bond acceptors (Lipinski definition) is 6. The van der Waals surface area contributed by atoms with Crippen molar-refractivity contribution in [3.8, 4) is 5.69 Å². The summed E-state index contributed by atoms with van der Waals surface area (Å²) in [6.45, 7) is 0.101. The standard InChI is InChI=1S/C15H11N3O4S/c19-15(13-6-7-14(23-13)18(20)21)22-10-11-2-4-12(5-3-11)17-9-1-8-16-17/h1-9H,10H2. The average Bonchev–Trinajstić information content (AvgIpc) is 3.24. The van der Waals surface area contributed by atoms with Gasteiger partial charge in [-0.05, 0) is 29.8 Å². The number of hydrogen-bond donors (Lipinski definition) is 0. The highest BCUT2D eigenvalue weighted by Crippen LogP contribution is 2.24. The number of ether oxygens (including phenoxy) is 1. The SMILES string of the molecule is O=C(OCc1ccc(-n2cccn2)cc1)c1ccc([N+](=O)[O-])s1. The number of nitrogens with zero attached hydrogens (tertiary/aromatic N) is 3. The van der Waals surface area contributed by atoms with Crippen molar-refractivity contribution in [1.82, 2.24) is 9.78 Å². The van der Waals surface area contributed by atoms with Crippen molar-refractivity contribution in [1.29, 1.82) is 0 Å². The molecule has 8 heteroatoms. The zero-order valence-corrected chi connectivity index (χ0v) is 12.6. The van der Waals surface area contributed by atoms with Gasteiger partial charge in [-0.3, -0.25) is 10.1 Å². The summed E-state index contributed by atoms with van der Waals surface area (Å²) in [4.78, 5) is 22.1. The van der Waals surface area contributed by atoms with Crippen molar-refractivity contribution in [2.24, 2.45) is 0 Å². The highest BCUT2D eigenvalue weighted by atomic mass is 32.1. The molecule has 0 atom stereocenters. The largest absolute Gasteiger partial charge is 0.457 e. The van der Waals surface area contributed by atoms with Crippen LogP contribution in [0.1, 0.15) is 15.2 Å². The Morgan fingerprint density at radius 3 is 2.65 bits per heavy atom. The Balaban J connectivity index is 1.61. The summed E-state index contributed by atoms with van der Waals surface area (Å²) in [5.74, 6) is -0.570. The minimum absolute atomic E-state index is 0.0828. The molecule has 23 heavy (non-hydrogen) atoms. The lowest BCUT2D eigenvalue weighted by molar-refractivity contribution is -0.380. The first kappa shape index (κ1) is 14.9. The molecule has 7 nitrogen and oxygen atoms in total. The number of esters is 1.